The van der Waals surface area contributed by atoms with Crippen LogP contribution >= 0.6 is 11.6 Å². The van der Waals surface area contributed by atoms with Gasteiger partial charge in [0.05, 0.1) is 29.8 Å². The highest BCUT2D eigenvalue weighted by molar-refractivity contribution is 6.33. The molecule has 0 aromatic heterocycles. The predicted molar refractivity (Wildman–Crippen MR) is 133 cm³/mol. The zero-order chi connectivity index (χ0) is 23.2. The van der Waals surface area contributed by atoms with Crippen LogP contribution in [0.4, 0.5) is 5.69 Å². The molecule has 7 heteroatoms. The number of fused-ring (bicyclic) bond motifs is 1. The predicted octanol–water partition coefficient (Wildman–Crippen LogP) is 3.93. The van der Waals surface area contributed by atoms with Gasteiger partial charge in [-0.3, -0.25) is 19.4 Å². The molecule has 0 bridgehead atoms. The first-order valence-electron chi connectivity index (χ1n) is 11.3. The van der Waals surface area contributed by atoms with Crippen molar-refractivity contribution in [3.63, 3.8) is 0 Å². The fourth-order valence-electron chi connectivity index (χ4n) is 4.26. The zero-order valence-electron chi connectivity index (χ0n) is 18.8. The Morgan fingerprint density at radius 2 is 1.45 bits per heavy atom. The van der Waals surface area contributed by atoms with Crippen LogP contribution in [0.15, 0.2) is 66.7 Å². The van der Waals surface area contributed by atoms with Crippen LogP contribution < -0.4 is 10.6 Å². The Labute approximate surface area is 199 Å². The lowest BCUT2D eigenvalue weighted by Crippen LogP contribution is -2.51. The summed E-state index contributed by atoms with van der Waals surface area (Å²) in [6.07, 6.45) is 0. The van der Waals surface area contributed by atoms with Crippen molar-refractivity contribution in [3.8, 4) is 0 Å². The minimum atomic E-state index is -0.0850. The lowest BCUT2D eigenvalue weighted by molar-refractivity contribution is -0.124. The number of para-hydroxylation sites is 1. The Hall–Kier alpha value is -2.93. The fourth-order valence-corrected chi connectivity index (χ4v) is 4.44. The summed E-state index contributed by atoms with van der Waals surface area (Å²) in [5.74, 6) is -0.0708. The number of anilines is 1. The van der Waals surface area contributed by atoms with E-state index in [4.69, 9.17) is 11.6 Å². The van der Waals surface area contributed by atoms with Gasteiger partial charge in [0.15, 0.2) is 0 Å². The number of carbonyl (C=O) groups excluding carboxylic acids is 2. The van der Waals surface area contributed by atoms with Crippen LogP contribution in [0.3, 0.4) is 0 Å². The topological polar surface area (TPSA) is 64.7 Å². The first kappa shape index (κ1) is 23.2. The quantitative estimate of drug-likeness (QED) is 0.556. The van der Waals surface area contributed by atoms with Crippen LogP contribution in [0.1, 0.15) is 18.5 Å². The second-order valence-corrected chi connectivity index (χ2v) is 8.85. The molecule has 1 saturated heterocycles. The van der Waals surface area contributed by atoms with Gasteiger partial charge in [0.25, 0.3) is 0 Å². The normalized spacial score (nSPS) is 15.8. The summed E-state index contributed by atoms with van der Waals surface area (Å²) in [6.45, 7) is 5.66. The molecular weight excluding hydrogens is 436 g/mol. The van der Waals surface area contributed by atoms with Crippen molar-refractivity contribution in [1.29, 1.82) is 0 Å². The van der Waals surface area contributed by atoms with Gasteiger partial charge >= 0.3 is 0 Å². The van der Waals surface area contributed by atoms with Crippen LogP contribution in [0.25, 0.3) is 10.8 Å². The van der Waals surface area contributed by atoms with E-state index in [1.54, 1.807) is 12.1 Å². The van der Waals surface area contributed by atoms with E-state index in [0.29, 0.717) is 23.8 Å². The molecule has 0 aliphatic carbocycles. The highest BCUT2D eigenvalue weighted by Gasteiger charge is 2.22. The number of nitrogens with zero attached hydrogens (tertiary/aromatic N) is 2. The van der Waals surface area contributed by atoms with Gasteiger partial charge in [-0.1, -0.05) is 66.2 Å². The number of hydrogen-bond acceptors (Lipinski definition) is 4. The van der Waals surface area contributed by atoms with Gasteiger partial charge in [0.1, 0.15) is 0 Å². The van der Waals surface area contributed by atoms with E-state index in [1.165, 1.54) is 5.39 Å². The largest absolute Gasteiger partial charge is 0.348 e. The molecule has 0 spiro atoms. The van der Waals surface area contributed by atoms with E-state index in [9.17, 15) is 9.59 Å². The summed E-state index contributed by atoms with van der Waals surface area (Å²) < 4.78 is 0. The zero-order valence-corrected chi connectivity index (χ0v) is 19.5. The second kappa shape index (κ2) is 10.8. The third-order valence-corrected chi connectivity index (χ3v) is 6.34. The molecule has 0 radical (unpaired) electrons. The first-order chi connectivity index (χ1) is 16.0. The van der Waals surface area contributed by atoms with Gasteiger partial charge in [-0.15, -0.1) is 0 Å². The molecule has 172 valence electrons. The smallest absolute Gasteiger partial charge is 0.238 e. The van der Waals surface area contributed by atoms with E-state index in [0.717, 1.165) is 37.1 Å². The number of halogens is 1. The lowest BCUT2D eigenvalue weighted by Gasteiger charge is -2.34. The number of benzene rings is 3. The Morgan fingerprint density at radius 1 is 0.848 bits per heavy atom. The molecule has 2 N–H and O–H groups in total. The van der Waals surface area contributed by atoms with Gasteiger partial charge in [0, 0.05) is 26.2 Å². The Bertz CT molecular complexity index is 1120. The maximum atomic E-state index is 12.7. The Balaban J connectivity index is 1.23. The summed E-state index contributed by atoms with van der Waals surface area (Å²) in [7, 11) is 0. The number of amides is 2. The summed E-state index contributed by atoms with van der Waals surface area (Å²) in [5.41, 5.74) is 1.75. The Kier molecular flexibility index (Phi) is 7.60. The lowest BCUT2D eigenvalue weighted by atomic mass is 10.00. The monoisotopic (exact) mass is 464 g/mol. The van der Waals surface area contributed by atoms with Crippen LogP contribution in [-0.2, 0) is 9.59 Å². The van der Waals surface area contributed by atoms with Crippen LogP contribution in [0, 0.1) is 0 Å². The van der Waals surface area contributed by atoms with Crippen molar-refractivity contribution < 1.29 is 9.59 Å². The van der Waals surface area contributed by atoms with E-state index in [2.05, 4.69) is 44.7 Å². The molecule has 3 aromatic carbocycles. The highest BCUT2D eigenvalue weighted by atomic mass is 35.5. The molecular formula is C26H29ClN4O2. The van der Waals surface area contributed by atoms with Gasteiger partial charge in [0.2, 0.25) is 11.8 Å². The highest BCUT2D eigenvalue weighted by Crippen LogP contribution is 2.24. The molecule has 0 saturated carbocycles. The van der Waals surface area contributed by atoms with Crippen molar-refractivity contribution in [1.82, 2.24) is 15.1 Å². The molecule has 1 heterocycles. The maximum Gasteiger partial charge on any atom is 0.238 e. The fraction of sp³-hybridized carbons (Fsp3) is 0.308. The molecule has 1 fully saturated rings. The van der Waals surface area contributed by atoms with Crippen LogP contribution in [-0.4, -0.2) is 60.9 Å². The minimum absolute atomic E-state index is 0.0142. The van der Waals surface area contributed by atoms with Gasteiger partial charge in [-0.05, 0) is 35.4 Å². The number of piperazine rings is 1. The number of carbonyl (C=O) groups is 2. The first-order valence-corrected chi connectivity index (χ1v) is 11.6. The third kappa shape index (κ3) is 6.11. The molecule has 33 heavy (non-hydrogen) atoms. The van der Waals surface area contributed by atoms with Gasteiger partial charge < -0.3 is 10.6 Å². The average molecular weight is 465 g/mol. The number of nitrogens with one attached hydrogen (secondary N) is 2. The average Bonchev–Trinajstić information content (AvgIpc) is 2.81. The molecule has 1 atom stereocenters. The summed E-state index contributed by atoms with van der Waals surface area (Å²) in [4.78, 5) is 29.3. The van der Waals surface area contributed by atoms with Gasteiger partial charge in [-0.25, -0.2) is 0 Å². The van der Waals surface area contributed by atoms with Crippen molar-refractivity contribution in [2.24, 2.45) is 0 Å². The van der Waals surface area contributed by atoms with Crippen molar-refractivity contribution in [3.05, 3.63) is 77.3 Å². The molecule has 1 aliphatic heterocycles. The summed E-state index contributed by atoms with van der Waals surface area (Å²) in [5, 5.41) is 8.86. The van der Waals surface area contributed by atoms with Gasteiger partial charge in [-0.2, -0.15) is 0 Å². The van der Waals surface area contributed by atoms with E-state index in [1.807, 2.05) is 37.3 Å². The van der Waals surface area contributed by atoms with Crippen LogP contribution in [0.2, 0.25) is 5.02 Å². The number of hydrogen-bond donors (Lipinski definition) is 2. The standard InChI is InChI=1S/C26H29ClN4O2/c1-19(21-10-6-8-20-7-2-3-9-22(20)21)28-25(32)17-30-13-15-31(16-14-30)18-26(33)29-24-12-5-4-11-23(24)27/h2-12,19H,13-18H2,1H3,(H,28,32)(H,29,33)/t19-/m0/s1. The molecule has 1 aliphatic rings. The van der Waals surface area contributed by atoms with Crippen molar-refractivity contribution in [2.75, 3.05) is 44.6 Å². The Morgan fingerprint density at radius 3 is 2.18 bits per heavy atom. The maximum absolute atomic E-state index is 12.7. The van der Waals surface area contributed by atoms with E-state index >= 15 is 0 Å². The number of rotatable bonds is 7. The molecule has 4 rings (SSSR count). The molecule has 6 nitrogen and oxygen atoms in total. The third-order valence-electron chi connectivity index (χ3n) is 6.01. The van der Waals surface area contributed by atoms with E-state index < -0.39 is 0 Å². The molecule has 0 unspecified atom stereocenters. The summed E-state index contributed by atoms with van der Waals surface area (Å²) in [6, 6.07) is 21.5. The summed E-state index contributed by atoms with van der Waals surface area (Å²) >= 11 is 6.11. The molecule has 2 amide bonds. The van der Waals surface area contributed by atoms with Crippen molar-refractivity contribution >= 4 is 39.9 Å². The van der Waals surface area contributed by atoms with Crippen molar-refractivity contribution in [2.45, 2.75) is 13.0 Å². The SMILES string of the molecule is C[C@H](NC(=O)CN1CCN(CC(=O)Nc2ccccc2Cl)CC1)c1cccc2ccccc12. The van der Waals surface area contributed by atoms with Crippen LogP contribution in [0.5, 0.6) is 0 Å². The van der Waals surface area contributed by atoms with E-state index in [-0.39, 0.29) is 17.9 Å². The minimum Gasteiger partial charge on any atom is -0.348 e. The molecule has 3 aromatic rings. The second-order valence-electron chi connectivity index (χ2n) is 8.44.